The van der Waals surface area contributed by atoms with E-state index < -0.39 is 11.6 Å². The van der Waals surface area contributed by atoms with Gasteiger partial charge in [0, 0.05) is 19.6 Å². The van der Waals surface area contributed by atoms with Gasteiger partial charge in [0.25, 0.3) is 5.91 Å². The number of piperazine rings is 1. The first-order valence-electron chi connectivity index (χ1n) is 10.6. The van der Waals surface area contributed by atoms with Crippen molar-refractivity contribution in [2.75, 3.05) is 33.2 Å². The standard InChI is InChI=1S/C22H30N4O3/c1-16-8-6-7-11-22(16)20(28)26(21(29)23-22)15-19(27)25-13-12-24(2)14-18(25)17-9-4-3-5-10-17/h3-5,9-10,16,18H,6-8,11-15H2,1-2H3,(H,23,29)/t16-,18+,22-/m1/s1. The van der Waals surface area contributed by atoms with Gasteiger partial charge in [-0.2, -0.15) is 0 Å². The van der Waals surface area contributed by atoms with Crippen LogP contribution in [0.15, 0.2) is 30.3 Å². The Morgan fingerprint density at radius 3 is 2.66 bits per heavy atom. The van der Waals surface area contributed by atoms with Gasteiger partial charge in [0.05, 0.1) is 6.04 Å². The summed E-state index contributed by atoms with van der Waals surface area (Å²) in [6.45, 7) is 3.92. The molecule has 4 rings (SSSR count). The van der Waals surface area contributed by atoms with Crippen molar-refractivity contribution < 1.29 is 14.4 Å². The second-order valence-corrected chi connectivity index (χ2v) is 8.72. The zero-order valence-corrected chi connectivity index (χ0v) is 17.3. The maximum Gasteiger partial charge on any atom is 0.325 e. The molecule has 0 aromatic heterocycles. The van der Waals surface area contributed by atoms with Crippen molar-refractivity contribution in [3.63, 3.8) is 0 Å². The summed E-state index contributed by atoms with van der Waals surface area (Å²) in [5, 5.41) is 2.94. The number of nitrogens with zero attached hydrogens (tertiary/aromatic N) is 3. The third kappa shape index (κ3) is 3.52. The minimum atomic E-state index is -0.823. The SMILES string of the molecule is C[C@@H]1CCCC[C@@]12NC(=O)N(CC(=O)N1CCN(C)C[C@H]1c1ccccc1)C2=O. The van der Waals surface area contributed by atoms with Crippen LogP contribution >= 0.6 is 0 Å². The second kappa shape index (κ2) is 7.78. The Bertz CT molecular complexity index is 799. The average molecular weight is 399 g/mol. The lowest BCUT2D eigenvalue weighted by Gasteiger charge is -2.41. The van der Waals surface area contributed by atoms with Gasteiger partial charge in [-0.05, 0) is 31.4 Å². The number of hydrogen-bond acceptors (Lipinski definition) is 4. The summed E-state index contributed by atoms with van der Waals surface area (Å²) in [5.74, 6) is -0.307. The molecule has 4 amide bonds. The van der Waals surface area contributed by atoms with Crippen LogP contribution in [0.3, 0.4) is 0 Å². The molecule has 0 radical (unpaired) electrons. The van der Waals surface area contributed by atoms with Crippen LogP contribution in [-0.2, 0) is 9.59 Å². The molecule has 3 aliphatic rings. The van der Waals surface area contributed by atoms with Crippen molar-refractivity contribution in [3.8, 4) is 0 Å². The lowest BCUT2D eigenvalue weighted by atomic mass is 9.73. The predicted octanol–water partition coefficient (Wildman–Crippen LogP) is 2.00. The maximum absolute atomic E-state index is 13.2. The summed E-state index contributed by atoms with van der Waals surface area (Å²) in [5.41, 5.74) is 0.248. The summed E-state index contributed by atoms with van der Waals surface area (Å²) in [6, 6.07) is 9.44. The summed E-state index contributed by atoms with van der Waals surface area (Å²) in [6.07, 6.45) is 3.57. The summed E-state index contributed by atoms with van der Waals surface area (Å²) in [4.78, 5) is 44.2. The third-order valence-corrected chi connectivity index (χ3v) is 6.88. The van der Waals surface area contributed by atoms with Gasteiger partial charge in [-0.25, -0.2) is 4.79 Å². The van der Waals surface area contributed by atoms with Crippen LogP contribution in [0.5, 0.6) is 0 Å². The highest BCUT2D eigenvalue weighted by Gasteiger charge is 2.55. The lowest BCUT2D eigenvalue weighted by molar-refractivity contribution is -0.143. The van der Waals surface area contributed by atoms with Gasteiger partial charge in [-0.1, -0.05) is 50.1 Å². The number of likely N-dealkylation sites (N-methyl/N-ethyl adjacent to an activating group) is 1. The highest BCUT2D eigenvalue weighted by Crippen LogP contribution is 2.38. The van der Waals surface area contributed by atoms with E-state index in [0.29, 0.717) is 13.0 Å². The van der Waals surface area contributed by atoms with Gasteiger partial charge in [0.1, 0.15) is 12.1 Å². The molecule has 7 heteroatoms. The van der Waals surface area contributed by atoms with Crippen LogP contribution in [0.4, 0.5) is 4.79 Å². The molecule has 2 heterocycles. The van der Waals surface area contributed by atoms with E-state index in [4.69, 9.17) is 0 Å². The molecule has 156 valence electrons. The number of rotatable bonds is 3. The smallest absolute Gasteiger partial charge is 0.325 e. The van der Waals surface area contributed by atoms with E-state index in [-0.39, 0.29) is 30.3 Å². The molecule has 2 aliphatic heterocycles. The molecule has 1 aromatic carbocycles. The number of urea groups is 1. The minimum Gasteiger partial charge on any atom is -0.332 e. The van der Waals surface area contributed by atoms with E-state index in [1.807, 2.05) is 49.2 Å². The molecule has 3 atom stereocenters. The zero-order valence-electron chi connectivity index (χ0n) is 17.3. The number of hydrogen-bond donors (Lipinski definition) is 1. The van der Waals surface area contributed by atoms with Crippen LogP contribution in [-0.4, -0.2) is 71.3 Å². The fourth-order valence-corrected chi connectivity index (χ4v) is 5.04. The third-order valence-electron chi connectivity index (χ3n) is 6.88. The highest BCUT2D eigenvalue weighted by molar-refractivity contribution is 6.09. The van der Waals surface area contributed by atoms with E-state index in [0.717, 1.165) is 42.8 Å². The monoisotopic (exact) mass is 398 g/mol. The van der Waals surface area contributed by atoms with E-state index >= 15 is 0 Å². The lowest BCUT2D eigenvalue weighted by Crippen LogP contribution is -2.55. The molecule has 1 aromatic rings. The first-order chi connectivity index (χ1) is 13.9. The number of nitrogens with one attached hydrogen (secondary N) is 1. The molecule has 3 fully saturated rings. The number of benzene rings is 1. The van der Waals surface area contributed by atoms with Crippen molar-refractivity contribution in [2.24, 2.45) is 5.92 Å². The fraction of sp³-hybridized carbons (Fsp3) is 0.591. The molecule has 2 saturated heterocycles. The van der Waals surface area contributed by atoms with Crippen LogP contribution in [0, 0.1) is 5.92 Å². The van der Waals surface area contributed by atoms with Gasteiger partial charge in [-0.3, -0.25) is 14.5 Å². The Balaban J connectivity index is 1.52. The number of carbonyl (C=O) groups excluding carboxylic acids is 3. The topological polar surface area (TPSA) is 73.0 Å². The van der Waals surface area contributed by atoms with Gasteiger partial charge in [0.15, 0.2) is 0 Å². The first-order valence-corrected chi connectivity index (χ1v) is 10.6. The Labute approximate surface area is 172 Å². The van der Waals surface area contributed by atoms with E-state index in [9.17, 15) is 14.4 Å². The largest absolute Gasteiger partial charge is 0.332 e. The Morgan fingerprint density at radius 1 is 1.17 bits per heavy atom. The molecule has 1 aliphatic carbocycles. The van der Waals surface area contributed by atoms with Gasteiger partial charge in [-0.15, -0.1) is 0 Å². The number of carbonyl (C=O) groups is 3. The number of imide groups is 1. The quantitative estimate of drug-likeness (QED) is 0.791. The summed E-state index contributed by atoms with van der Waals surface area (Å²) >= 11 is 0. The van der Waals surface area contributed by atoms with Crippen molar-refractivity contribution in [1.82, 2.24) is 20.0 Å². The van der Waals surface area contributed by atoms with Gasteiger partial charge in [0.2, 0.25) is 5.91 Å². The highest BCUT2D eigenvalue weighted by atomic mass is 16.2. The van der Waals surface area contributed by atoms with E-state index in [1.165, 1.54) is 0 Å². The normalized spacial score (nSPS) is 30.7. The molecule has 0 bridgehead atoms. The average Bonchev–Trinajstić information content (AvgIpc) is 2.95. The van der Waals surface area contributed by atoms with Crippen molar-refractivity contribution >= 4 is 17.8 Å². The molecule has 7 nitrogen and oxygen atoms in total. The Kier molecular flexibility index (Phi) is 5.34. The Morgan fingerprint density at radius 2 is 1.93 bits per heavy atom. The number of amides is 4. The van der Waals surface area contributed by atoms with Crippen molar-refractivity contribution in [2.45, 2.75) is 44.2 Å². The first kappa shape index (κ1) is 19.9. The van der Waals surface area contributed by atoms with Gasteiger partial charge < -0.3 is 15.1 Å². The van der Waals surface area contributed by atoms with E-state index in [2.05, 4.69) is 10.2 Å². The second-order valence-electron chi connectivity index (χ2n) is 8.72. The molecule has 29 heavy (non-hydrogen) atoms. The van der Waals surface area contributed by atoms with Crippen LogP contribution < -0.4 is 5.32 Å². The van der Waals surface area contributed by atoms with Crippen molar-refractivity contribution in [3.05, 3.63) is 35.9 Å². The summed E-state index contributed by atoms with van der Waals surface area (Å²) in [7, 11) is 2.05. The van der Waals surface area contributed by atoms with Crippen LogP contribution in [0.1, 0.15) is 44.2 Å². The van der Waals surface area contributed by atoms with Crippen LogP contribution in [0.25, 0.3) is 0 Å². The molecular formula is C22H30N4O3. The maximum atomic E-state index is 13.2. The molecule has 1 spiro atoms. The molecule has 1 saturated carbocycles. The minimum absolute atomic E-state index is 0.0780. The van der Waals surface area contributed by atoms with Gasteiger partial charge >= 0.3 is 6.03 Å². The summed E-state index contributed by atoms with van der Waals surface area (Å²) < 4.78 is 0. The van der Waals surface area contributed by atoms with E-state index in [1.54, 1.807) is 0 Å². The molecular weight excluding hydrogens is 368 g/mol. The fourth-order valence-electron chi connectivity index (χ4n) is 5.04. The zero-order chi connectivity index (χ0) is 20.6. The van der Waals surface area contributed by atoms with Crippen LogP contribution in [0.2, 0.25) is 0 Å². The molecule has 1 N–H and O–H groups in total. The van der Waals surface area contributed by atoms with Crippen molar-refractivity contribution in [1.29, 1.82) is 0 Å². The predicted molar refractivity (Wildman–Crippen MR) is 109 cm³/mol. The molecule has 0 unspecified atom stereocenters. The Hall–Kier alpha value is -2.41.